The molecule has 10 heteroatoms. The number of carbonyl (C=O) groups is 3. The number of rotatable bonds is 4. The smallest absolute Gasteiger partial charge is 0.322 e. The summed E-state index contributed by atoms with van der Waals surface area (Å²) < 4.78 is 11.1. The van der Waals surface area contributed by atoms with Gasteiger partial charge >= 0.3 is 6.03 Å². The summed E-state index contributed by atoms with van der Waals surface area (Å²) in [6.07, 6.45) is 1.43. The second kappa shape index (κ2) is 6.56. The van der Waals surface area contributed by atoms with Crippen molar-refractivity contribution in [2.24, 2.45) is 0 Å². The topological polar surface area (TPSA) is 118 Å². The molecule has 0 spiro atoms. The Morgan fingerprint density at radius 2 is 2.13 bits per heavy atom. The largest absolute Gasteiger partial charge is 0.497 e. The Balaban J connectivity index is 1.57. The van der Waals surface area contributed by atoms with E-state index in [1.807, 2.05) is 0 Å². The number of pyridine rings is 1. The molecule has 5 rings (SSSR count). The van der Waals surface area contributed by atoms with E-state index in [2.05, 4.69) is 20.5 Å². The summed E-state index contributed by atoms with van der Waals surface area (Å²) in [5, 5.41) is 5.26. The van der Waals surface area contributed by atoms with Crippen LogP contribution >= 0.6 is 0 Å². The number of urea groups is 1. The Morgan fingerprint density at radius 3 is 2.84 bits per heavy atom. The summed E-state index contributed by atoms with van der Waals surface area (Å²) in [6, 6.07) is 7.58. The van der Waals surface area contributed by atoms with Crippen LogP contribution in [0.3, 0.4) is 0 Å². The maximum absolute atomic E-state index is 13.0. The molecule has 154 valence electrons. The number of carbonyl (C=O) groups excluding carboxylic acids is 3. The maximum atomic E-state index is 13.0. The van der Waals surface area contributed by atoms with Crippen LogP contribution in [-0.2, 0) is 16.9 Å². The number of imide groups is 1. The van der Waals surface area contributed by atoms with Crippen molar-refractivity contribution in [1.82, 2.24) is 20.5 Å². The highest BCUT2D eigenvalue weighted by Gasteiger charge is 2.53. The third-order valence-electron chi connectivity index (χ3n) is 5.52. The fourth-order valence-corrected chi connectivity index (χ4v) is 3.98. The van der Waals surface area contributed by atoms with E-state index in [9.17, 15) is 14.4 Å². The highest BCUT2D eigenvalue weighted by atomic mass is 16.5. The van der Waals surface area contributed by atoms with Gasteiger partial charge in [-0.2, -0.15) is 0 Å². The van der Waals surface area contributed by atoms with Crippen molar-refractivity contribution in [3.63, 3.8) is 0 Å². The molecule has 31 heavy (non-hydrogen) atoms. The van der Waals surface area contributed by atoms with E-state index in [0.717, 1.165) is 5.56 Å². The van der Waals surface area contributed by atoms with Crippen LogP contribution in [0, 0.1) is 6.57 Å². The fraction of sp³-hybridized carbons (Fsp3) is 0.190. The summed E-state index contributed by atoms with van der Waals surface area (Å²) in [5.74, 6) is -0.154. The molecule has 4 amide bonds. The number of furan rings is 1. The number of nitrogens with zero attached hydrogens (tertiary/aromatic N) is 3. The summed E-state index contributed by atoms with van der Waals surface area (Å²) in [4.78, 5) is 46.9. The zero-order chi connectivity index (χ0) is 21.8. The van der Waals surface area contributed by atoms with Gasteiger partial charge in [0.15, 0.2) is 5.54 Å². The Bertz CT molecular complexity index is 1320. The van der Waals surface area contributed by atoms with Crippen LogP contribution in [0.15, 0.2) is 40.9 Å². The lowest BCUT2D eigenvalue weighted by atomic mass is 9.95. The molecule has 0 radical (unpaired) electrons. The minimum atomic E-state index is -1.64. The van der Waals surface area contributed by atoms with Crippen molar-refractivity contribution in [3.8, 4) is 5.75 Å². The van der Waals surface area contributed by atoms with Crippen molar-refractivity contribution in [3.05, 3.63) is 64.8 Å². The van der Waals surface area contributed by atoms with E-state index in [1.54, 1.807) is 24.3 Å². The van der Waals surface area contributed by atoms with Crippen molar-refractivity contribution in [1.29, 1.82) is 0 Å². The van der Waals surface area contributed by atoms with Gasteiger partial charge in [-0.1, -0.05) is 12.6 Å². The minimum absolute atomic E-state index is 0.115. The number of methoxy groups -OCH3 is 1. The molecule has 10 nitrogen and oxygen atoms in total. The van der Waals surface area contributed by atoms with Crippen molar-refractivity contribution < 1.29 is 23.5 Å². The maximum Gasteiger partial charge on any atom is 0.322 e. The normalized spacial score (nSPS) is 19.9. The highest BCUT2D eigenvalue weighted by Crippen LogP contribution is 2.36. The average molecular weight is 417 g/mol. The van der Waals surface area contributed by atoms with Gasteiger partial charge in [-0.15, -0.1) is 4.98 Å². The predicted octanol–water partition coefficient (Wildman–Crippen LogP) is 2.08. The van der Waals surface area contributed by atoms with Crippen LogP contribution in [0.5, 0.6) is 5.75 Å². The monoisotopic (exact) mass is 417 g/mol. The summed E-state index contributed by atoms with van der Waals surface area (Å²) >= 11 is 0. The lowest BCUT2D eigenvalue weighted by molar-refractivity contribution is -0.125. The van der Waals surface area contributed by atoms with Gasteiger partial charge < -0.3 is 24.2 Å². The third-order valence-corrected chi connectivity index (χ3v) is 5.52. The molecule has 0 aliphatic carbocycles. The van der Waals surface area contributed by atoms with Crippen LogP contribution in [0.25, 0.3) is 15.8 Å². The molecule has 2 aliphatic rings. The molecule has 2 aliphatic heterocycles. The number of aromatic nitrogens is 1. The molecular weight excluding hydrogens is 402 g/mol. The SMILES string of the molecule is [C-]#[N+]c1nccc2oc([C@]3(CN4Cc5ccc(OC)cc5C4=O)NC(=O)NC3=O)cc12. The minimum Gasteiger partial charge on any atom is -0.497 e. The first-order valence-electron chi connectivity index (χ1n) is 9.31. The van der Waals surface area contributed by atoms with Crippen LogP contribution < -0.4 is 15.4 Å². The fourth-order valence-electron chi connectivity index (χ4n) is 3.98. The molecule has 0 bridgehead atoms. The zero-order valence-corrected chi connectivity index (χ0v) is 16.3. The predicted molar refractivity (Wildman–Crippen MR) is 106 cm³/mol. The first-order chi connectivity index (χ1) is 14.9. The molecular formula is C21H15N5O5. The number of nitrogens with one attached hydrogen (secondary N) is 2. The Labute approximate surface area is 175 Å². The van der Waals surface area contributed by atoms with Gasteiger partial charge in [0.05, 0.1) is 13.7 Å². The Morgan fingerprint density at radius 1 is 1.29 bits per heavy atom. The molecule has 2 N–H and O–H groups in total. The van der Waals surface area contributed by atoms with E-state index in [0.29, 0.717) is 22.3 Å². The van der Waals surface area contributed by atoms with Gasteiger partial charge in [0.25, 0.3) is 17.6 Å². The Kier molecular flexibility index (Phi) is 3.94. The lowest BCUT2D eigenvalue weighted by Crippen LogP contribution is -2.52. The number of hydrogen-bond donors (Lipinski definition) is 2. The van der Waals surface area contributed by atoms with E-state index >= 15 is 0 Å². The van der Waals surface area contributed by atoms with Gasteiger partial charge in [0, 0.05) is 23.6 Å². The van der Waals surface area contributed by atoms with Crippen LogP contribution in [-0.4, -0.2) is 41.4 Å². The second-order valence-corrected chi connectivity index (χ2v) is 7.27. The molecule has 4 heterocycles. The number of ether oxygens (including phenoxy) is 1. The highest BCUT2D eigenvalue weighted by molar-refractivity contribution is 6.08. The van der Waals surface area contributed by atoms with Gasteiger partial charge in [-0.05, 0) is 23.8 Å². The number of hydrogen-bond acceptors (Lipinski definition) is 6. The van der Waals surface area contributed by atoms with E-state index < -0.39 is 17.5 Å². The Hall–Kier alpha value is -4.39. The molecule has 0 saturated carbocycles. The third kappa shape index (κ3) is 2.71. The van der Waals surface area contributed by atoms with Gasteiger partial charge in [0.1, 0.15) is 23.3 Å². The summed E-state index contributed by atoms with van der Waals surface area (Å²) in [6.45, 7) is 7.40. The van der Waals surface area contributed by atoms with Crippen molar-refractivity contribution >= 4 is 34.6 Å². The standard InChI is InChI=1S/C21H15N5O5/c1-22-17-14-8-16(31-15(14)5-6-23-17)21(19(28)24-20(29)25-21)10-26-9-11-3-4-12(30-2)7-13(11)18(26)27/h3-8H,9-10H2,2H3,(H2,24,25,28,29)/t21-/m0/s1. The molecule has 1 atom stereocenters. The van der Waals surface area contributed by atoms with Crippen LogP contribution in [0.1, 0.15) is 21.7 Å². The van der Waals surface area contributed by atoms with Gasteiger partial charge in [-0.25, -0.2) is 4.79 Å². The number of amides is 4. The summed E-state index contributed by atoms with van der Waals surface area (Å²) in [7, 11) is 1.51. The number of fused-ring (bicyclic) bond motifs is 2. The lowest BCUT2D eigenvalue weighted by Gasteiger charge is -2.29. The molecule has 1 fully saturated rings. The zero-order valence-electron chi connectivity index (χ0n) is 16.3. The van der Waals surface area contributed by atoms with Gasteiger partial charge in [0.2, 0.25) is 0 Å². The summed E-state index contributed by atoms with van der Waals surface area (Å²) in [5.41, 5.74) is -0.0276. The van der Waals surface area contributed by atoms with Crippen molar-refractivity contribution in [2.45, 2.75) is 12.1 Å². The van der Waals surface area contributed by atoms with Crippen LogP contribution in [0.4, 0.5) is 10.6 Å². The molecule has 1 saturated heterocycles. The van der Waals surface area contributed by atoms with E-state index in [-0.39, 0.29) is 30.6 Å². The first kappa shape index (κ1) is 18.6. The molecule has 3 aromatic rings. The molecule has 0 unspecified atom stereocenters. The van der Waals surface area contributed by atoms with Gasteiger partial charge in [-0.3, -0.25) is 14.9 Å². The molecule has 2 aromatic heterocycles. The van der Waals surface area contributed by atoms with Crippen molar-refractivity contribution in [2.75, 3.05) is 13.7 Å². The van der Waals surface area contributed by atoms with E-state index in [4.69, 9.17) is 15.7 Å². The van der Waals surface area contributed by atoms with Crippen LogP contribution in [0.2, 0.25) is 0 Å². The quantitative estimate of drug-likeness (QED) is 0.496. The van der Waals surface area contributed by atoms with E-state index in [1.165, 1.54) is 24.3 Å². The molecule has 1 aromatic carbocycles. The average Bonchev–Trinajstić information content (AvgIpc) is 3.42. The number of benzene rings is 1. The second-order valence-electron chi connectivity index (χ2n) is 7.27. The first-order valence-corrected chi connectivity index (χ1v) is 9.31.